The normalized spacial score (nSPS) is 18.9. The first-order chi connectivity index (χ1) is 10.1. The second-order valence-electron chi connectivity index (χ2n) is 5.35. The Morgan fingerprint density at radius 1 is 1.19 bits per heavy atom. The third-order valence-corrected chi connectivity index (χ3v) is 8.22. The molecule has 1 fully saturated rings. The van der Waals surface area contributed by atoms with E-state index in [1.54, 1.807) is 11.9 Å². The summed E-state index contributed by atoms with van der Waals surface area (Å²) >= 11 is 1.67. The van der Waals surface area contributed by atoms with Gasteiger partial charge in [-0.2, -0.15) is 0 Å². The lowest BCUT2D eigenvalue weighted by Crippen LogP contribution is -2.33. The summed E-state index contributed by atoms with van der Waals surface area (Å²) < 4.78 is 17.0. The van der Waals surface area contributed by atoms with Crippen LogP contribution in [0.1, 0.15) is 39.5 Å². The van der Waals surface area contributed by atoms with Crippen LogP contribution < -0.4 is 9.58 Å². The van der Waals surface area contributed by atoms with Crippen LogP contribution in [-0.4, -0.2) is 23.0 Å². The minimum absolute atomic E-state index is 0.526. The molecule has 1 aliphatic carbocycles. The number of hydrogen-bond acceptors (Lipinski definition) is 2. The van der Waals surface area contributed by atoms with Crippen LogP contribution in [-0.2, 0) is 4.57 Å². The molecular formula is C15H26N3OPS. The van der Waals surface area contributed by atoms with Crippen LogP contribution in [0.2, 0.25) is 0 Å². The first kappa shape index (κ1) is 16.9. The van der Waals surface area contributed by atoms with E-state index in [4.69, 9.17) is 5.50 Å². The van der Waals surface area contributed by atoms with Crippen LogP contribution in [0, 0.1) is 0 Å². The predicted molar refractivity (Wildman–Crippen MR) is 93.5 cm³/mol. The largest absolute Gasteiger partial charge is 0.315 e. The van der Waals surface area contributed by atoms with E-state index in [1.807, 2.05) is 52.9 Å². The summed E-state index contributed by atoms with van der Waals surface area (Å²) in [5.41, 5.74) is 7.26. The summed E-state index contributed by atoms with van der Waals surface area (Å²) in [6.45, 7) is 5.40. The zero-order valence-electron chi connectivity index (χ0n) is 12.9. The molecule has 0 amide bonds. The summed E-state index contributed by atoms with van der Waals surface area (Å²) in [4.78, 5) is 0. The predicted octanol–water partition coefficient (Wildman–Crippen LogP) is 4.49. The fourth-order valence-corrected chi connectivity index (χ4v) is 6.55. The highest BCUT2D eigenvalue weighted by atomic mass is 32.2. The van der Waals surface area contributed by atoms with E-state index in [0.29, 0.717) is 18.3 Å². The topological polar surface area (TPSA) is 49.6 Å². The summed E-state index contributed by atoms with van der Waals surface area (Å²) in [7, 11) is -3.06. The Morgan fingerprint density at radius 2 is 1.76 bits per heavy atom. The molecule has 0 aromatic heterocycles. The Labute approximate surface area is 132 Å². The maximum Gasteiger partial charge on any atom is 0.315 e. The van der Waals surface area contributed by atoms with Crippen LogP contribution in [0.5, 0.6) is 0 Å². The number of rotatable bonds is 7. The van der Waals surface area contributed by atoms with Gasteiger partial charge < -0.3 is 0 Å². The van der Waals surface area contributed by atoms with Crippen LogP contribution in [0.15, 0.2) is 30.3 Å². The molecule has 0 heterocycles. The van der Waals surface area contributed by atoms with Crippen molar-refractivity contribution in [3.05, 3.63) is 30.3 Å². The quantitative estimate of drug-likeness (QED) is 0.590. The molecular weight excluding hydrogens is 301 g/mol. The van der Waals surface area contributed by atoms with Crippen molar-refractivity contribution < 1.29 is 4.57 Å². The van der Waals surface area contributed by atoms with Gasteiger partial charge in [0.05, 0.1) is 5.69 Å². The molecule has 2 rings (SSSR count). The van der Waals surface area contributed by atoms with E-state index >= 15 is 0 Å². The van der Waals surface area contributed by atoms with Gasteiger partial charge in [0.15, 0.2) is 0 Å². The van der Waals surface area contributed by atoms with Crippen molar-refractivity contribution in [2.45, 2.75) is 44.8 Å². The van der Waals surface area contributed by atoms with Crippen molar-refractivity contribution in [2.75, 3.05) is 17.2 Å². The first-order valence-corrected chi connectivity index (χ1v) is 10.3. The molecule has 1 aromatic carbocycles. The average molecular weight is 327 g/mol. The molecule has 4 nitrogen and oxygen atoms in total. The van der Waals surface area contributed by atoms with Gasteiger partial charge >= 0.3 is 7.59 Å². The number of para-hydroxylation sites is 1. The number of benzene rings is 1. The van der Waals surface area contributed by atoms with Gasteiger partial charge in [-0.05, 0) is 36.9 Å². The fourth-order valence-electron chi connectivity index (χ4n) is 2.73. The van der Waals surface area contributed by atoms with Crippen molar-refractivity contribution >= 4 is 25.2 Å². The minimum atomic E-state index is -3.06. The van der Waals surface area contributed by atoms with E-state index < -0.39 is 7.59 Å². The molecule has 0 saturated heterocycles. The van der Waals surface area contributed by atoms with Crippen LogP contribution in [0.4, 0.5) is 5.69 Å². The molecule has 118 valence electrons. The lowest BCUT2D eigenvalue weighted by molar-refractivity contribution is 0.445. The molecule has 0 bridgehead atoms. The lowest BCUT2D eigenvalue weighted by atomic mass is 10.3. The van der Waals surface area contributed by atoms with Gasteiger partial charge in [-0.15, -0.1) is 0 Å². The third kappa shape index (κ3) is 4.04. The Bertz CT molecular complexity index is 475. The summed E-state index contributed by atoms with van der Waals surface area (Å²) in [5.74, 6) is 0. The smallest absolute Gasteiger partial charge is 0.263 e. The molecule has 1 atom stereocenters. The van der Waals surface area contributed by atoms with E-state index in [0.717, 1.165) is 5.69 Å². The Morgan fingerprint density at radius 3 is 2.29 bits per heavy atom. The third-order valence-electron chi connectivity index (χ3n) is 3.92. The standard InChI is InChI=1S/C15H26N3OPS/c1-3-17(4-2)20(16,19)18(14-10-6-5-7-11-14)21-15-12-8-9-13-15/h5-7,10-11,15H,3-4,8-9,12-13H2,1-2H3,(H2,16,19). The second-order valence-corrected chi connectivity index (χ2v) is 9.01. The SMILES string of the molecule is CCN(CC)P(N)(=O)N(SC1CCCC1)c1ccccc1. The van der Waals surface area contributed by atoms with E-state index in [9.17, 15) is 4.57 Å². The van der Waals surface area contributed by atoms with Gasteiger partial charge in [-0.3, -0.25) is 10.1 Å². The van der Waals surface area contributed by atoms with E-state index in [-0.39, 0.29) is 0 Å². The van der Waals surface area contributed by atoms with E-state index in [2.05, 4.69) is 0 Å². The molecule has 0 aliphatic heterocycles. The number of hydrogen-bond donors (Lipinski definition) is 1. The van der Waals surface area contributed by atoms with Gasteiger partial charge in [0.2, 0.25) is 0 Å². The number of nitrogens with two attached hydrogens (primary N) is 1. The highest BCUT2D eigenvalue weighted by Crippen LogP contribution is 2.54. The molecule has 1 unspecified atom stereocenters. The van der Waals surface area contributed by atoms with Gasteiger partial charge in [0, 0.05) is 18.3 Å². The van der Waals surface area contributed by atoms with Crippen LogP contribution in [0.25, 0.3) is 0 Å². The maximum absolute atomic E-state index is 13.3. The van der Waals surface area contributed by atoms with Crippen molar-refractivity contribution in [3.63, 3.8) is 0 Å². The molecule has 1 saturated carbocycles. The minimum Gasteiger partial charge on any atom is -0.263 e. The van der Waals surface area contributed by atoms with Gasteiger partial charge in [0.1, 0.15) is 0 Å². The average Bonchev–Trinajstić information content (AvgIpc) is 2.99. The van der Waals surface area contributed by atoms with Crippen LogP contribution in [0.3, 0.4) is 0 Å². The van der Waals surface area contributed by atoms with Crippen molar-refractivity contribution in [1.82, 2.24) is 4.67 Å². The molecule has 1 aromatic rings. The second kappa shape index (κ2) is 7.68. The molecule has 0 spiro atoms. The van der Waals surface area contributed by atoms with Gasteiger partial charge in [-0.1, -0.05) is 44.9 Å². The monoisotopic (exact) mass is 327 g/mol. The Balaban J connectivity index is 2.28. The van der Waals surface area contributed by atoms with Crippen LogP contribution >= 0.6 is 19.5 Å². The van der Waals surface area contributed by atoms with Gasteiger partial charge in [0.25, 0.3) is 0 Å². The molecule has 6 heteroatoms. The van der Waals surface area contributed by atoms with Crippen molar-refractivity contribution in [1.29, 1.82) is 0 Å². The number of nitrogens with zero attached hydrogens (tertiary/aromatic N) is 2. The van der Waals surface area contributed by atoms with Crippen molar-refractivity contribution in [2.24, 2.45) is 5.50 Å². The zero-order chi connectivity index (χ0) is 15.3. The highest BCUT2D eigenvalue weighted by molar-refractivity contribution is 8.07. The van der Waals surface area contributed by atoms with E-state index in [1.165, 1.54) is 25.7 Å². The highest BCUT2D eigenvalue weighted by Gasteiger charge is 2.35. The van der Waals surface area contributed by atoms with Gasteiger partial charge in [-0.25, -0.2) is 8.75 Å². The Hall–Kier alpha value is -0.480. The molecule has 1 aliphatic rings. The summed E-state index contributed by atoms with van der Waals surface area (Å²) in [6.07, 6.45) is 4.90. The maximum atomic E-state index is 13.3. The molecule has 0 radical (unpaired) electrons. The zero-order valence-corrected chi connectivity index (χ0v) is 14.7. The lowest BCUT2D eigenvalue weighted by Gasteiger charge is -2.37. The summed E-state index contributed by atoms with van der Waals surface area (Å²) in [6, 6.07) is 9.90. The fraction of sp³-hybridized carbons (Fsp3) is 0.600. The van der Waals surface area contributed by atoms with Crippen molar-refractivity contribution in [3.8, 4) is 0 Å². The summed E-state index contributed by atoms with van der Waals surface area (Å²) in [5, 5.41) is 0.526. The molecule has 2 N–H and O–H groups in total. The number of anilines is 1. The molecule has 21 heavy (non-hydrogen) atoms. The Kier molecular flexibility index (Phi) is 6.18. The first-order valence-electron chi connectivity index (χ1n) is 7.76.